The summed E-state index contributed by atoms with van der Waals surface area (Å²) in [5, 5.41) is 16.6. The van der Waals surface area contributed by atoms with Crippen LogP contribution in [-0.4, -0.2) is 61.3 Å². The van der Waals surface area contributed by atoms with Gasteiger partial charge >= 0.3 is 0 Å². The molecule has 1 unspecified atom stereocenters. The van der Waals surface area contributed by atoms with Crippen LogP contribution in [0.2, 0.25) is 0 Å². The second-order valence-corrected chi connectivity index (χ2v) is 7.50. The zero-order valence-electron chi connectivity index (χ0n) is 16.9. The van der Waals surface area contributed by atoms with E-state index in [1.54, 1.807) is 26.2 Å². The topological polar surface area (TPSA) is 90.9 Å². The molecule has 1 atom stereocenters. The Balaban J connectivity index is 2.26. The number of amides is 1. The van der Waals surface area contributed by atoms with Crippen LogP contribution in [0.4, 0.5) is 5.69 Å². The Morgan fingerprint density at radius 3 is 2.76 bits per heavy atom. The Morgan fingerprint density at radius 1 is 1.45 bits per heavy atom. The number of hydrogen-bond donors (Lipinski definition) is 3. The van der Waals surface area contributed by atoms with E-state index >= 15 is 0 Å². The van der Waals surface area contributed by atoms with Gasteiger partial charge in [0.2, 0.25) is 5.78 Å². The molecule has 0 fully saturated rings. The number of phenols is 1. The number of aromatic hydroxyl groups is 1. The molecular formula is C21H25N3O4S. The van der Waals surface area contributed by atoms with E-state index in [1.165, 1.54) is 29.8 Å². The summed E-state index contributed by atoms with van der Waals surface area (Å²) in [6.07, 6.45) is 6.55. The van der Waals surface area contributed by atoms with Gasteiger partial charge in [0.15, 0.2) is 11.9 Å². The largest absolute Gasteiger partial charge is 0.505 e. The number of terminal acetylenes is 1. The lowest BCUT2D eigenvalue weighted by atomic mass is 9.94. The summed E-state index contributed by atoms with van der Waals surface area (Å²) in [6, 6.07) is 4.76. The van der Waals surface area contributed by atoms with Gasteiger partial charge in [-0.3, -0.25) is 9.59 Å². The van der Waals surface area contributed by atoms with Gasteiger partial charge in [0, 0.05) is 32.7 Å². The van der Waals surface area contributed by atoms with Gasteiger partial charge in [-0.05, 0) is 19.1 Å². The molecule has 0 saturated carbocycles. The van der Waals surface area contributed by atoms with Crippen molar-refractivity contribution in [2.45, 2.75) is 13.0 Å². The summed E-state index contributed by atoms with van der Waals surface area (Å²) in [5.74, 6) is 2.34. The average molecular weight is 416 g/mol. The summed E-state index contributed by atoms with van der Waals surface area (Å²) in [7, 11) is 4.66. The van der Waals surface area contributed by atoms with Crippen LogP contribution >= 0.6 is 11.8 Å². The Bertz CT molecular complexity index is 900. The first-order valence-electron chi connectivity index (χ1n) is 8.92. The van der Waals surface area contributed by atoms with Crippen LogP contribution in [-0.2, 0) is 9.53 Å². The number of nitrogens with zero attached hydrogens (tertiary/aromatic N) is 1. The fourth-order valence-electron chi connectivity index (χ4n) is 2.73. The van der Waals surface area contributed by atoms with E-state index in [1.807, 2.05) is 13.0 Å². The van der Waals surface area contributed by atoms with Crippen molar-refractivity contribution in [2.24, 2.45) is 0 Å². The number of carbonyl (C=O) groups is 2. The maximum absolute atomic E-state index is 12.4. The molecule has 0 radical (unpaired) electrons. The zero-order valence-corrected chi connectivity index (χ0v) is 17.7. The van der Waals surface area contributed by atoms with Crippen LogP contribution in [0.15, 0.2) is 40.6 Å². The number of carbonyl (C=O) groups excluding carboxylic acids is 2. The van der Waals surface area contributed by atoms with Crippen LogP contribution in [0.25, 0.3) is 0 Å². The molecular weight excluding hydrogens is 390 g/mol. The number of nitrogens with one attached hydrogen (secondary N) is 2. The van der Waals surface area contributed by atoms with E-state index in [2.05, 4.69) is 16.6 Å². The molecule has 8 heteroatoms. The number of ether oxygens (including phenoxy) is 1. The molecule has 0 heterocycles. The summed E-state index contributed by atoms with van der Waals surface area (Å²) in [4.78, 5) is 27.1. The van der Waals surface area contributed by atoms with Crippen LogP contribution in [0.1, 0.15) is 17.3 Å². The van der Waals surface area contributed by atoms with Gasteiger partial charge in [0.05, 0.1) is 22.7 Å². The van der Waals surface area contributed by atoms with Crippen molar-refractivity contribution in [3.63, 3.8) is 0 Å². The van der Waals surface area contributed by atoms with Crippen LogP contribution in [0.5, 0.6) is 5.75 Å². The van der Waals surface area contributed by atoms with Gasteiger partial charge in [0.1, 0.15) is 5.70 Å². The molecule has 7 nitrogen and oxygen atoms in total. The van der Waals surface area contributed by atoms with E-state index in [4.69, 9.17) is 11.2 Å². The fraction of sp³-hybridized carbons (Fsp3) is 0.333. The number of rotatable bonds is 9. The Kier molecular flexibility index (Phi) is 7.76. The Morgan fingerprint density at radius 2 is 2.17 bits per heavy atom. The number of phenolic OH excluding ortho intramolecular Hbond substituents is 1. The van der Waals surface area contributed by atoms with E-state index in [0.717, 1.165) is 4.91 Å². The predicted molar refractivity (Wildman–Crippen MR) is 116 cm³/mol. The van der Waals surface area contributed by atoms with Gasteiger partial charge in [-0.1, -0.05) is 18.1 Å². The summed E-state index contributed by atoms with van der Waals surface area (Å²) in [5.41, 5.74) is 1.29. The quantitative estimate of drug-likeness (QED) is 0.421. The van der Waals surface area contributed by atoms with Gasteiger partial charge < -0.3 is 25.4 Å². The second-order valence-electron chi connectivity index (χ2n) is 6.40. The monoisotopic (exact) mass is 415 g/mol. The number of hydrogen-bond acceptors (Lipinski definition) is 7. The molecule has 2 rings (SSSR count). The number of allylic oxidation sites excluding steroid dienone is 1. The van der Waals surface area contributed by atoms with Crippen molar-refractivity contribution in [3.8, 4) is 18.1 Å². The minimum atomic E-state index is -0.707. The van der Waals surface area contributed by atoms with Crippen LogP contribution in [0, 0.1) is 12.3 Å². The fourth-order valence-corrected chi connectivity index (χ4v) is 3.34. The van der Waals surface area contributed by atoms with E-state index in [-0.39, 0.29) is 28.7 Å². The third-order valence-electron chi connectivity index (χ3n) is 4.30. The molecule has 0 bridgehead atoms. The summed E-state index contributed by atoms with van der Waals surface area (Å²) in [6.45, 7) is 2.40. The molecule has 154 valence electrons. The number of para-hydroxylation sites is 1. The highest BCUT2D eigenvalue weighted by Gasteiger charge is 2.40. The van der Waals surface area contributed by atoms with Crippen molar-refractivity contribution < 1.29 is 19.4 Å². The third-order valence-corrected chi connectivity index (χ3v) is 5.36. The highest BCUT2D eigenvalue weighted by molar-refractivity contribution is 8.03. The third kappa shape index (κ3) is 4.94. The van der Waals surface area contributed by atoms with Crippen molar-refractivity contribution in [2.75, 3.05) is 38.8 Å². The molecule has 0 aliphatic heterocycles. The van der Waals surface area contributed by atoms with Gasteiger partial charge in [0.25, 0.3) is 5.91 Å². The molecule has 1 aromatic rings. The van der Waals surface area contributed by atoms with Gasteiger partial charge in [-0.15, -0.1) is 18.2 Å². The minimum absolute atomic E-state index is 0.145. The van der Waals surface area contributed by atoms with E-state index in [0.29, 0.717) is 23.7 Å². The van der Waals surface area contributed by atoms with Gasteiger partial charge in [-0.25, -0.2) is 0 Å². The molecule has 0 aromatic heterocycles. The molecule has 1 aromatic carbocycles. The first-order chi connectivity index (χ1) is 13.8. The molecule has 1 aliphatic carbocycles. The molecule has 1 amide bonds. The second kappa shape index (κ2) is 10.0. The maximum Gasteiger partial charge on any atom is 0.257 e. The van der Waals surface area contributed by atoms with Crippen LogP contribution < -0.4 is 10.6 Å². The smallest absolute Gasteiger partial charge is 0.257 e. The number of Topliss-reactive ketones (excluding diaryl/α,β-unsaturated/α-hetero) is 1. The SMILES string of the molecule is C#CCS/C(=C\C)CNC1=C(Nc2cccc(C(=O)N(C)C)c2O)C(=O)C1OC. The number of anilines is 1. The molecule has 29 heavy (non-hydrogen) atoms. The standard InChI is InChI=1S/C21H25N3O4S/c1-6-11-29-13(7-2)12-22-17-16(19(26)20(17)28-5)23-15-10-8-9-14(18(15)25)21(27)24(3)4/h1,7-10,20,22-23,25H,11-12H2,2-5H3/b13-7-. The number of thioether (sulfide) groups is 1. The normalized spacial score (nSPS) is 16.2. The van der Waals surface area contributed by atoms with Crippen molar-refractivity contribution in [3.05, 3.63) is 46.1 Å². The zero-order chi connectivity index (χ0) is 21.6. The van der Waals surface area contributed by atoms with E-state index in [9.17, 15) is 14.7 Å². The number of ketones is 1. The lowest BCUT2D eigenvalue weighted by Crippen LogP contribution is -2.47. The summed E-state index contributed by atoms with van der Waals surface area (Å²) >= 11 is 1.53. The molecule has 3 N–H and O–H groups in total. The maximum atomic E-state index is 12.4. The minimum Gasteiger partial charge on any atom is -0.505 e. The lowest BCUT2D eigenvalue weighted by Gasteiger charge is -2.32. The Labute approximate surface area is 175 Å². The summed E-state index contributed by atoms with van der Waals surface area (Å²) < 4.78 is 5.26. The van der Waals surface area contributed by atoms with Gasteiger partial charge in [-0.2, -0.15) is 0 Å². The molecule has 1 aliphatic rings. The van der Waals surface area contributed by atoms with Crippen molar-refractivity contribution in [1.29, 1.82) is 0 Å². The highest BCUT2D eigenvalue weighted by Crippen LogP contribution is 2.33. The highest BCUT2D eigenvalue weighted by atomic mass is 32.2. The first kappa shape index (κ1) is 22.4. The predicted octanol–water partition coefficient (Wildman–Crippen LogP) is 2.17. The van der Waals surface area contributed by atoms with Crippen molar-refractivity contribution in [1.82, 2.24) is 10.2 Å². The molecule has 0 spiro atoms. The van der Waals surface area contributed by atoms with Crippen molar-refractivity contribution >= 4 is 29.1 Å². The Hall–Kier alpha value is -2.89. The molecule has 0 saturated heterocycles. The van der Waals surface area contributed by atoms with E-state index < -0.39 is 6.10 Å². The number of benzene rings is 1. The average Bonchev–Trinajstić information content (AvgIpc) is 2.71. The van der Waals surface area contributed by atoms with Crippen LogP contribution in [0.3, 0.4) is 0 Å². The lowest BCUT2D eigenvalue weighted by molar-refractivity contribution is -0.126. The number of methoxy groups -OCH3 is 1. The first-order valence-corrected chi connectivity index (χ1v) is 9.91.